The molecular weight excluding hydrogens is 712 g/mol. The predicted octanol–water partition coefficient (Wildman–Crippen LogP) is 8.12. The fourth-order valence-electron chi connectivity index (χ4n) is 5.97. The molecule has 0 aliphatic heterocycles. The molecule has 0 radical (unpaired) electrons. The summed E-state index contributed by atoms with van der Waals surface area (Å²) in [6.07, 6.45) is -10.4. The van der Waals surface area contributed by atoms with E-state index in [4.69, 9.17) is 0 Å². The number of allylic oxidation sites excluding steroid dienone is 8. The fourth-order valence-corrected chi connectivity index (χ4v) is 5.97. The quantitative estimate of drug-likeness (QED) is 0.189. The van der Waals surface area contributed by atoms with Gasteiger partial charge < -0.3 is 4.74 Å². The Hall–Kier alpha value is -8.22. The molecule has 53 heavy (non-hydrogen) atoms. The molecule has 17 heteroatoms. The Kier molecular flexibility index (Phi) is 8.79. The van der Waals surface area contributed by atoms with Crippen molar-refractivity contribution in [2.24, 2.45) is 0 Å². The second-order valence-corrected chi connectivity index (χ2v) is 10.5. The first-order chi connectivity index (χ1) is 25.1. The van der Waals surface area contributed by atoms with E-state index in [0.717, 1.165) is 12.1 Å². The van der Waals surface area contributed by atoms with Gasteiger partial charge in [-0.1, -0.05) is 12.1 Å². The molecule has 2 aliphatic carbocycles. The number of nitriles is 8. The Morgan fingerprint density at radius 2 is 0.962 bits per heavy atom. The second-order valence-electron chi connectivity index (χ2n) is 10.5. The lowest BCUT2D eigenvalue weighted by molar-refractivity contribution is -0.274. The highest BCUT2D eigenvalue weighted by Gasteiger charge is 2.45. The number of fused-ring (bicyclic) bond motifs is 2. The summed E-state index contributed by atoms with van der Waals surface area (Å²) in [5.41, 5.74) is -15.3. The minimum Gasteiger partial charge on any atom is -0.404 e. The maximum Gasteiger partial charge on any atom is 0.573 e. The third kappa shape index (κ3) is 5.60. The average molecular weight is 718 g/mol. The van der Waals surface area contributed by atoms with Crippen molar-refractivity contribution in [3.63, 3.8) is 0 Å². The van der Waals surface area contributed by atoms with Gasteiger partial charge in [0.05, 0.1) is 33.9 Å². The molecule has 3 aromatic rings. The van der Waals surface area contributed by atoms with Crippen molar-refractivity contribution in [2.45, 2.75) is 12.5 Å². The summed E-state index contributed by atoms with van der Waals surface area (Å²) in [6, 6.07) is 15.7. The number of alkyl halides is 6. The summed E-state index contributed by atoms with van der Waals surface area (Å²) in [5, 5.41) is 78.8. The summed E-state index contributed by atoms with van der Waals surface area (Å²) in [6.45, 7) is 0. The van der Waals surface area contributed by atoms with Gasteiger partial charge in [0, 0.05) is 44.5 Å². The maximum atomic E-state index is 17.1. The van der Waals surface area contributed by atoms with Gasteiger partial charge in [-0.05, 0) is 35.4 Å². The van der Waals surface area contributed by atoms with Crippen LogP contribution in [0.1, 0.15) is 50.1 Å². The maximum absolute atomic E-state index is 17.1. The second kappa shape index (κ2) is 12.9. The van der Waals surface area contributed by atoms with Crippen molar-refractivity contribution >= 4 is 33.4 Å². The molecule has 0 spiro atoms. The Labute approximate surface area is 291 Å². The lowest BCUT2D eigenvalue weighted by Crippen LogP contribution is -2.17. The van der Waals surface area contributed by atoms with Gasteiger partial charge in [-0.15, -0.1) is 13.2 Å². The molecule has 0 aromatic heterocycles. The number of hydrogen-bond acceptors (Lipinski definition) is 9. The highest BCUT2D eigenvalue weighted by atomic mass is 19.4. The molecule has 0 fully saturated rings. The lowest BCUT2D eigenvalue weighted by atomic mass is 9.88. The molecule has 0 unspecified atom stereocenters. The Balaban J connectivity index is 1.97. The summed E-state index contributed by atoms with van der Waals surface area (Å²) < 4.78 is 119. The van der Waals surface area contributed by atoms with E-state index in [1.807, 2.05) is 0 Å². The van der Waals surface area contributed by atoms with Crippen molar-refractivity contribution in [3.8, 4) is 54.3 Å². The van der Waals surface area contributed by atoms with Crippen molar-refractivity contribution in [1.82, 2.24) is 0 Å². The fraction of sp³-hybridized carbons (Fsp3) is 0.0556. The summed E-state index contributed by atoms with van der Waals surface area (Å²) >= 11 is 0. The van der Waals surface area contributed by atoms with Gasteiger partial charge in [-0.25, -0.2) is 8.78 Å². The molecule has 9 nitrogen and oxygen atoms in total. The largest absolute Gasteiger partial charge is 0.573 e. The molecule has 0 atom stereocenters. The van der Waals surface area contributed by atoms with E-state index in [2.05, 4.69) is 4.74 Å². The van der Waals surface area contributed by atoms with Crippen LogP contribution in [0.3, 0.4) is 0 Å². The average Bonchev–Trinajstić information content (AvgIpc) is 3.65. The van der Waals surface area contributed by atoms with Crippen LogP contribution in [0.25, 0.3) is 33.4 Å². The van der Waals surface area contributed by atoms with Crippen LogP contribution >= 0.6 is 0 Å². The molecule has 2 aliphatic rings. The van der Waals surface area contributed by atoms with Crippen LogP contribution in [-0.2, 0) is 6.18 Å². The number of rotatable bonds is 3. The number of benzene rings is 3. The zero-order valence-corrected chi connectivity index (χ0v) is 25.5. The first-order valence-corrected chi connectivity index (χ1v) is 13.9. The first kappa shape index (κ1) is 36.1. The van der Waals surface area contributed by atoms with Crippen LogP contribution in [0.2, 0.25) is 0 Å². The SMILES string of the molecule is N#CC(C#N)=C1C(c2ccc(OC(F)(F)F)c(C#N)c2)=C(C#N)c2c(F)c3c(c(F)c21)C(C#N)=C(c1ccc(C#N)c(C(F)(F)F)c1)C3=C(C#N)C#N. The normalized spacial score (nSPS) is 12.9. The summed E-state index contributed by atoms with van der Waals surface area (Å²) in [7, 11) is 0. The molecule has 0 saturated heterocycles. The first-order valence-electron chi connectivity index (χ1n) is 13.9. The van der Waals surface area contributed by atoms with Crippen molar-refractivity contribution in [2.75, 3.05) is 0 Å². The third-order valence-electron chi connectivity index (χ3n) is 7.90. The highest BCUT2D eigenvalue weighted by molar-refractivity contribution is 6.30. The molecule has 5 rings (SSSR count). The summed E-state index contributed by atoms with van der Waals surface area (Å²) in [5.74, 6) is -4.33. The molecular formula is C36H6F8N8O. The number of ether oxygens (including phenoxy) is 1. The van der Waals surface area contributed by atoms with E-state index in [1.54, 1.807) is 6.07 Å². The van der Waals surface area contributed by atoms with Gasteiger partial charge >= 0.3 is 12.5 Å². The van der Waals surface area contributed by atoms with Gasteiger partial charge in [0.1, 0.15) is 71.0 Å². The monoisotopic (exact) mass is 718 g/mol. The molecule has 0 bridgehead atoms. The smallest absolute Gasteiger partial charge is 0.404 e. The van der Waals surface area contributed by atoms with E-state index < -0.39 is 125 Å². The third-order valence-corrected chi connectivity index (χ3v) is 7.90. The Morgan fingerprint density at radius 1 is 0.528 bits per heavy atom. The minimum absolute atomic E-state index is 0.361. The van der Waals surface area contributed by atoms with Crippen LogP contribution in [0, 0.1) is 102 Å². The molecule has 3 aromatic carbocycles. The number of nitrogens with zero attached hydrogens (tertiary/aromatic N) is 8. The van der Waals surface area contributed by atoms with Crippen molar-refractivity contribution in [1.29, 1.82) is 42.1 Å². The van der Waals surface area contributed by atoms with E-state index >= 15 is 8.78 Å². The Bertz CT molecular complexity index is 2700. The van der Waals surface area contributed by atoms with Gasteiger partial charge in [-0.2, -0.15) is 55.3 Å². The van der Waals surface area contributed by atoms with Crippen LogP contribution in [0.15, 0.2) is 47.5 Å². The zero-order chi connectivity index (χ0) is 39.2. The van der Waals surface area contributed by atoms with Crippen molar-refractivity contribution < 1.29 is 39.9 Å². The molecule has 0 saturated carbocycles. The van der Waals surface area contributed by atoms with Crippen LogP contribution in [-0.4, -0.2) is 6.36 Å². The Morgan fingerprint density at radius 3 is 1.34 bits per heavy atom. The van der Waals surface area contributed by atoms with Gasteiger partial charge in [-0.3, -0.25) is 0 Å². The molecule has 0 amide bonds. The number of halogens is 8. The zero-order valence-electron chi connectivity index (χ0n) is 25.5. The van der Waals surface area contributed by atoms with Gasteiger partial charge in [0.15, 0.2) is 0 Å². The number of hydrogen-bond donors (Lipinski definition) is 0. The van der Waals surface area contributed by atoms with E-state index in [-0.39, 0.29) is 0 Å². The van der Waals surface area contributed by atoms with Gasteiger partial charge in [0.25, 0.3) is 0 Å². The van der Waals surface area contributed by atoms with Crippen LogP contribution in [0.5, 0.6) is 5.75 Å². The van der Waals surface area contributed by atoms with E-state index in [9.17, 15) is 68.4 Å². The van der Waals surface area contributed by atoms with Crippen LogP contribution < -0.4 is 4.74 Å². The topological polar surface area (TPSA) is 200 Å². The van der Waals surface area contributed by atoms with Crippen molar-refractivity contribution in [3.05, 3.63) is 109 Å². The standard InChI is InChI=1S/C36H6F8N8O/c37-33-29-21(13-51)25(15-3-4-24(18(5-15)8-46)53-36(42,43)44)27(19(9-47)10-48)31(29)34(38)30-22(14-52)26(28(32(30)33)20(11-49)12-50)16-1-2-17(7-45)23(6-16)35(39,40)41/h1-6H. The van der Waals surface area contributed by atoms with E-state index in [0.29, 0.717) is 24.3 Å². The highest BCUT2D eigenvalue weighted by Crippen LogP contribution is 2.57. The predicted molar refractivity (Wildman–Crippen MR) is 162 cm³/mol. The minimum atomic E-state index is -5.27. The van der Waals surface area contributed by atoms with Gasteiger partial charge in [0.2, 0.25) is 0 Å². The molecule has 252 valence electrons. The molecule has 0 heterocycles. The lowest BCUT2D eigenvalue weighted by Gasteiger charge is -2.15. The molecule has 0 N–H and O–H groups in total. The van der Waals surface area contributed by atoms with Crippen LogP contribution in [0.4, 0.5) is 35.1 Å². The summed E-state index contributed by atoms with van der Waals surface area (Å²) in [4.78, 5) is 0. The van der Waals surface area contributed by atoms with E-state index in [1.165, 1.54) is 42.5 Å².